The summed E-state index contributed by atoms with van der Waals surface area (Å²) in [6, 6.07) is 3.30. The minimum atomic E-state index is -4.68. The van der Waals surface area contributed by atoms with Gasteiger partial charge in [0.15, 0.2) is 17.2 Å². The highest BCUT2D eigenvalue weighted by Gasteiger charge is 2.33. The number of aromatic amines is 1. The largest absolute Gasteiger partial charge is 0.493 e. The molecule has 1 aromatic carbocycles. The maximum absolute atomic E-state index is 12.5. The topological polar surface area (TPSA) is 126 Å². The molecule has 0 radical (unpaired) electrons. The van der Waals surface area contributed by atoms with Gasteiger partial charge >= 0.3 is 12.1 Å². The van der Waals surface area contributed by atoms with E-state index in [4.69, 9.17) is 9.47 Å². The molecule has 12 heteroatoms. The third-order valence-electron chi connectivity index (χ3n) is 3.28. The number of ether oxygens (including phenoxy) is 2. The summed E-state index contributed by atoms with van der Waals surface area (Å²) in [6.07, 6.45) is -3.68. The number of methoxy groups -OCH3 is 2. The van der Waals surface area contributed by atoms with Crippen LogP contribution in [0.15, 0.2) is 23.3 Å². The minimum absolute atomic E-state index is 0.0533. The van der Waals surface area contributed by atoms with Gasteiger partial charge < -0.3 is 14.6 Å². The second-order valence-corrected chi connectivity index (χ2v) is 4.93. The fraction of sp³-hybridized carbons (Fsp3) is 0.200. The normalized spacial score (nSPS) is 11.4. The van der Waals surface area contributed by atoms with Crippen LogP contribution in [-0.4, -0.2) is 47.6 Å². The molecule has 0 saturated heterocycles. The second-order valence-electron chi connectivity index (χ2n) is 4.93. The molecule has 144 valence electrons. The Hall–Kier alpha value is -3.57. The average Bonchev–Trinajstić information content (AvgIpc) is 3.11. The molecule has 0 fully saturated rings. The van der Waals surface area contributed by atoms with Gasteiger partial charge in [-0.3, -0.25) is 9.89 Å². The van der Waals surface area contributed by atoms with Gasteiger partial charge in [-0.05, 0) is 12.1 Å². The number of alkyl halides is 3. The number of carboxylic acids is 1. The number of rotatable bonds is 6. The molecule has 0 aliphatic rings. The van der Waals surface area contributed by atoms with E-state index in [2.05, 4.69) is 10.2 Å². The second kappa shape index (κ2) is 7.76. The molecule has 3 N–H and O–H groups in total. The molecule has 0 bridgehead atoms. The first-order valence-corrected chi connectivity index (χ1v) is 7.13. The molecule has 27 heavy (non-hydrogen) atoms. The van der Waals surface area contributed by atoms with Gasteiger partial charge in [0.05, 0.1) is 20.4 Å². The highest BCUT2D eigenvalue weighted by Crippen LogP contribution is 2.33. The number of carboxylic acid groups (broad SMARTS) is 1. The Morgan fingerprint density at radius 3 is 2.52 bits per heavy atom. The lowest BCUT2D eigenvalue weighted by Crippen LogP contribution is -2.18. The van der Waals surface area contributed by atoms with Gasteiger partial charge in [-0.25, -0.2) is 10.2 Å². The van der Waals surface area contributed by atoms with Crippen LogP contribution in [0.1, 0.15) is 32.1 Å². The molecule has 0 aliphatic carbocycles. The van der Waals surface area contributed by atoms with E-state index < -0.39 is 29.4 Å². The van der Waals surface area contributed by atoms with Crippen LogP contribution in [0.3, 0.4) is 0 Å². The number of amides is 1. The summed E-state index contributed by atoms with van der Waals surface area (Å²) in [5.74, 6) is -2.23. The number of carbonyl (C=O) groups is 2. The SMILES string of the molecule is COc1ccc(/C=N\NC(=O)c2cc(C(F)(F)F)[nH]n2)c(C(=O)O)c1OC. The predicted octanol–water partition coefficient (Wildman–Crippen LogP) is 1.91. The Labute approximate surface area is 149 Å². The van der Waals surface area contributed by atoms with Crippen LogP contribution in [0.5, 0.6) is 11.5 Å². The van der Waals surface area contributed by atoms with Crippen LogP contribution in [0.25, 0.3) is 0 Å². The van der Waals surface area contributed by atoms with E-state index in [-0.39, 0.29) is 22.6 Å². The summed E-state index contributed by atoms with van der Waals surface area (Å²) in [4.78, 5) is 23.3. The van der Waals surface area contributed by atoms with Crippen molar-refractivity contribution in [2.24, 2.45) is 5.10 Å². The van der Waals surface area contributed by atoms with E-state index >= 15 is 0 Å². The van der Waals surface area contributed by atoms with Gasteiger partial charge in [0.25, 0.3) is 5.91 Å². The van der Waals surface area contributed by atoms with Crippen molar-refractivity contribution in [3.63, 3.8) is 0 Å². The Morgan fingerprint density at radius 1 is 1.30 bits per heavy atom. The maximum Gasteiger partial charge on any atom is 0.432 e. The fourth-order valence-corrected chi connectivity index (χ4v) is 2.07. The number of aromatic nitrogens is 2. The number of aromatic carboxylic acids is 1. The van der Waals surface area contributed by atoms with Crippen molar-refractivity contribution < 1.29 is 37.3 Å². The molecule has 0 atom stereocenters. The highest BCUT2D eigenvalue weighted by atomic mass is 19.4. The maximum atomic E-state index is 12.5. The van der Waals surface area contributed by atoms with Gasteiger partial charge in [-0.15, -0.1) is 0 Å². The molecule has 0 unspecified atom stereocenters. The first kappa shape index (κ1) is 19.8. The zero-order valence-electron chi connectivity index (χ0n) is 13.9. The monoisotopic (exact) mass is 386 g/mol. The molecule has 1 heterocycles. The number of hydrogen-bond acceptors (Lipinski definition) is 6. The third-order valence-corrected chi connectivity index (χ3v) is 3.28. The number of halogens is 3. The Morgan fingerprint density at radius 2 is 2.00 bits per heavy atom. The molecule has 0 spiro atoms. The summed E-state index contributed by atoms with van der Waals surface area (Å²) in [5.41, 5.74) is 0.0317. The molecule has 1 amide bonds. The summed E-state index contributed by atoms with van der Waals surface area (Å²) in [5, 5.41) is 17.8. The lowest BCUT2D eigenvalue weighted by atomic mass is 10.1. The number of nitrogens with one attached hydrogen (secondary N) is 2. The first-order chi connectivity index (χ1) is 12.7. The van der Waals surface area contributed by atoms with Crippen molar-refractivity contribution in [1.82, 2.24) is 15.6 Å². The molecule has 9 nitrogen and oxygen atoms in total. The number of hydrazone groups is 1. The molecule has 1 aromatic heterocycles. The number of H-pyrrole nitrogens is 1. The Balaban J connectivity index is 2.22. The van der Waals surface area contributed by atoms with Crippen molar-refractivity contribution in [2.45, 2.75) is 6.18 Å². The number of carbonyl (C=O) groups excluding carboxylic acids is 1. The third kappa shape index (κ3) is 4.34. The lowest BCUT2D eigenvalue weighted by Gasteiger charge is -2.12. The van der Waals surface area contributed by atoms with Gasteiger partial charge in [0.1, 0.15) is 11.3 Å². The predicted molar refractivity (Wildman–Crippen MR) is 85.2 cm³/mol. The molecular formula is C15H13F3N4O5. The van der Waals surface area contributed by atoms with E-state index in [0.29, 0.717) is 6.07 Å². The van der Waals surface area contributed by atoms with Crippen molar-refractivity contribution >= 4 is 18.1 Å². The summed E-state index contributed by atoms with van der Waals surface area (Å²) < 4.78 is 47.5. The van der Waals surface area contributed by atoms with Crippen LogP contribution < -0.4 is 14.9 Å². The van der Waals surface area contributed by atoms with Crippen molar-refractivity contribution in [3.8, 4) is 11.5 Å². The van der Waals surface area contributed by atoms with Crippen molar-refractivity contribution in [1.29, 1.82) is 0 Å². The molecule has 2 aromatic rings. The van der Waals surface area contributed by atoms with E-state index in [9.17, 15) is 27.9 Å². The first-order valence-electron chi connectivity index (χ1n) is 7.13. The Bertz CT molecular complexity index is 892. The van der Waals surface area contributed by atoms with Crippen molar-refractivity contribution in [2.75, 3.05) is 14.2 Å². The van der Waals surface area contributed by atoms with E-state index in [1.54, 1.807) is 5.10 Å². The van der Waals surface area contributed by atoms with Gasteiger partial charge in [-0.2, -0.15) is 23.4 Å². The highest BCUT2D eigenvalue weighted by molar-refractivity contribution is 6.02. The van der Waals surface area contributed by atoms with Crippen LogP contribution in [0, 0.1) is 0 Å². The molecule has 0 saturated carbocycles. The smallest absolute Gasteiger partial charge is 0.432 e. The van der Waals surface area contributed by atoms with Crippen LogP contribution in [-0.2, 0) is 6.18 Å². The standard InChI is InChI=1S/C15H13F3N4O5/c1-26-9-4-3-7(11(14(24)25)12(9)27-2)6-19-22-13(23)8-5-10(21-20-8)15(16,17)18/h3-6H,1-2H3,(H,20,21)(H,22,23)(H,24,25)/b19-6-. The summed E-state index contributed by atoms with van der Waals surface area (Å²) >= 11 is 0. The number of hydrogen-bond donors (Lipinski definition) is 3. The lowest BCUT2D eigenvalue weighted by molar-refractivity contribution is -0.141. The average molecular weight is 386 g/mol. The molecule has 2 rings (SSSR count). The quantitative estimate of drug-likeness (QED) is 0.514. The van der Waals surface area contributed by atoms with Crippen molar-refractivity contribution in [3.05, 3.63) is 40.7 Å². The molecule has 0 aliphatic heterocycles. The summed E-state index contributed by atoms with van der Waals surface area (Å²) in [6.45, 7) is 0. The van der Waals surface area contributed by atoms with E-state index in [1.165, 1.54) is 26.4 Å². The zero-order valence-corrected chi connectivity index (χ0v) is 13.9. The Kier molecular flexibility index (Phi) is 5.68. The van der Waals surface area contributed by atoms with Crippen LogP contribution in [0.2, 0.25) is 0 Å². The summed E-state index contributed by atoms with van der Waals surface area (Å²) in [7, 11) is 2.58. The molecular weight excluding hydrogens is 373 g/mol. The number of nitrogens with zero attached hydrogens (tertiary/aromatic N) is 2. The van der Waals surface area contributed by atoms with Crippen LogP contribution in [0.4, 0.5) is 13.2 Å². The van der Waals surface area contributed by atoms with Gasteiger partial charge in [0, 0.05) is 11.6 Å². The van der Waals surface area contributed by atoms with Crippen LogP contribution >= 0.6 is 0 Å². The van der Waals surface area contributed by atoms with E-state index in [1.807, 2.05) is 5.43 Å². The zero-order chi connectivity index (χ0) is 20.2. The fourth-order valence-electron chi connectivity index (χ4n) is 2.07. The minimum Gasteiger partial charge on any atom is -0.493 e. The van der Waals surface area contributed by atoms with Gasteiger partial charge in [-0.1, -0.05) is 0 Å². The number of benzene rings is 1. The van der Waals surface area contributed by atoms with Gasteiger partial charge in [0.2, 0.25) is 0 Å². The van der Waals surface area contributed by atoms with E-state index in [0.717, 1.165) is 6.21 Å².